The van der Waals surface area contributed by atoms with Crippen LogP contribution in [0.5, 0.6) is 11.5 Å². The molecule has 9 heteroatoms. The monoisotopic (exact) mass is 423 g/mol. The fraction of sp³-hybridized carbons (Fsp3) is 0.238. The Bertz CT molecular complexity index is 940. The zero-order valence-electron chi connectivity index (χ0n) is 16.4. The maximum Gasteiger partial charge on any atom is 0.416 e. The molecule has 2 aromatic rings. The van der Waals surface area contributed by atoms with E-state index in [9.17, 15) is 22.8 Å². The van der Waals surface area contributed by atoms with Crippen LogP contribution in [-0.4, -0.2) is 32.2 Å². The molecule has 0 radical (unpaired) electrons. The summed E-state index contributed by atoms with van der Waals surface area (Å²) in [5.41, 5.74) is -0.327. The van der Waals surface area contributed by atoms with Crippen molar-refractivity contribution in [3.63, 3.8) is 0 Å². The van der Waals surface area contributed by atoms with Crippen molar-refractivity contribution in [3.05, 3.63) is 59.7 Å². The van der Waals surface area contributed by atoms with Crippen LogP contribution in [-0.2, 0) is 20.5 Å². The van der Waals surface area contributed by atoms with Crippen LogP contribution in [0.15, 0.2) is 48.5 Å². The summed E-state index contributed by atoms with van der Waals surface area (Å²) in [6, 6.07) is 9.15. The first-order valence-corrected chi connectivity index (χ1v) is 8.73. The molecule has 0 aliphatic carbocycles. The number of anilines is 1. The minimum Gasteiger partial charge on any atom is -0.493 e. The Kier molecular flexibility index (Phi) is 7.46. The highest BCUT2D eigenvalue weighted by Crippen LogP contribution is 2.31. The van der Waals surface area contributed by atoms with Gasteiger partial charge < -0.3 is 19.5 Å². The summed E-state index contributed by atoms with van der Waals surface area (Å²) in [6.07, 6.45) is -3.17. The van der Waals surface area contributed by atoms with Crippen LogP contribution in [0, 0.1) is 0 Å². The molecule has 1 amide bonds. The van der Waals surface area contributed by atoms with Gasteiger partial charge in [-0.2, -0.15) is 13.2 Å². The number of benzene rings is 2. The second kappa shape index (κ2) is 9.82. The van der Waals surface area contributed by atoms with E-state index in [-0.39, 0.29) is 5.69 Å². The second-order valence-corrected chi connectivity index (χ2v) is 6.09. The van der Waals surface area contributed by atoms with Gasteiger partial charge in [-0.3, -0.25) is 4.79 Å². The summed E-state index contributed by atoms with van der Waals surface area (Å²) in [6.45, 7) is 1.31. The van der Waals surface area contributed by atoms with Crippen molar-refractivity contribution in [1.29, 1.82) is 0 Å². The third-order valence-electron chi connectivity index (χ3n) is 3.94. The van der Waals surface area contributed by atoms with Crippen molar-refractivity contribution in [2.75, 3.05) is 19.5 Å². The van der Waals surface area contributed by atoms with E-state index in [1.807, 2.05) is 0 Å². The minimum atomic E-state index is -4.53. The van der Waals surface area contributed by atoms with E-state index in [4.69, 9.17) is 14.2 Å². The Morgan fingerprint density at radius 1 is 1.03 bits per heavy atom. The number of esters is 1. The molecule has 0 aliphatic rings. The molecule has 2 aromatic carbocycles. The third-order valence-corrected chi connectivity index (χ3v) is 3.94. The van der Waals surface area contributed by atoms with Crippen molar-refractivity contribution in [3.8, 4) is 11.5 Å². The Morgan fingerprint density at radius 2 is 1.73 bits per heavy atom. The zero-order chi connectivity index (χ0) is 22.3. The number of alkyl halides is 3. The highest BCUT2D eigenvalue weighted by atomic mass is 19.4. The Labute approximate surface area is 171 Å². The molecule has 6 nitrogen and oxygen atoms in total. The summed E-state index contributed by atoms with van der Waals surface area (Å²) in [5, 5.41) is 2.29. The molecule has 30 heavy (non-hydrogen) atoms. The van der Waals surface area contributed by atoms with Gasteiger partial charge in [-0.05, 0) is 48.9 Å². The quantitative estimate of drug-likeness (QED) is 0.531. The number of methoxy groups -OCH3 is 2. The smallest absolute Gasteiger partial charge is 0.416 e. The number of halogens is 3. The van der Waals surface area contributed by atoms with Gasteiger partial charge in [0.05, 0.1) is 19.8 Å². The standard InChI is InChI=1S/C21H20F3NO5/c1-13(20(27)25-16-6-4-5-15(12-16)21(22,23)24)30-19(26)10-8-14-7-9-17(28-2)18(11-14)29-3/h4-13H,1-3H3,(H,25,27)/b10-8+. The molecule has 0 heterocycles. The van der Waals surface area contributed by atoms with Gasteiger partial charge in [0.15, 0.2) is 17.6 Å². The molecule has 0 saturated heterocycles. The lowest BCUT2D eigenvalue weighted by atomic mass is 10.2. The van der Waals surface area contributed by atoms with Gasteiger partial charge in [0.2, 0.25) is 0 Å². The normalized spacial score (nSPS) is 12.3. The molecule has 0 aliphatic heterocycles. The maximum atomic E-state index is 12.7. The van der Waals surface area contributed by atoms with Crippen LogP contribution in [0.3, 0.4) is 0 Å². The van der Waals surface area contributed by atoms with Crippen LogP contribution in [0.1, 0.15) is 18.1 Å². The van der Waals surface area contributed by atoms with Gasteiger partial charge in [0.25, 0.3) is 5.91 Å². The number of ether oxygens (including phenoxy) is 3. The van der Waals surface area contributed by atoms with Crippen molar-refractivity contribution in [2.45, 2.75) is 19.2 Å². The fourth-order valence-corrected chi connectivity index (χ4v) is 2.40. The summed E-state index contributed by atoms with van der Waals surface area (Å²) in [5.74, 6) is -0.558. The van der Waals surface area contributed by atoms with E-state index in [1.165, 1.54) is 39.4 Å². The molecular weight excluding hydrogens is 403 g/mol. The lowest BCUT2D eigenvalue weighted by Gasteiger charge is -2.14. The Morgan fingerprint density at radius 3 is 2.37 bits per heavy atom. The number of carbonyl (C=O) groups is 2. The van der Waals surface area contributed by atoms with Gasteiger partial charge in [0, 0.05) is 11.8 Å². The first-order valence-electron chi connectivity index (χ1n) is 8.73. The molecular formula is C21H20F3NO5. The highest BCUT2D eigenvalue weighted by Gasteiger charge is 2.30. The molecule has 160 valence electrons. The van der Waals surface area contributed by atoms with Gasteiger partial charge in [0.1, 0.15) is 0 Å². The Hall–Kier alpha value is -3.49. The fourth-order valence-electron chi connectivity index (χ4n) is 2.40. The zero-order valence-corrected chi connectivity index (χ0v) is 16.4. The van der Waals surface area contributed by atoms with E-state index in [2.05, 4.69) is 5.32 Å². The summed E-state index contributed by atoms with van der Waals surface area (Å²) >= 11 is 0. The predicted octanol–water partition coefficient (Wildman–Crippen LogP) is 4.31. The lowest BCUT2D eigenvalue weighted by Crippen LogP contribution is -2.29. The van der Waals surface area contributed by atoms with E-state index >= 15 is 0 Å². The Balaban J connectivity index is 1.97. The van der Waals surface area contributed by atoms with Crippen LogP contribution >= 0.6 is 0 Å². The van der Waals surface area contributed by atoms with Crippen molar-refractivity contribution in [1.82, 2.24) is 0 Å². The molecule has 2 rings (SSSR count). The lowest BCUT2D eigenvalue weighted by molar-refractivity contribution is -0.148. The second-order valence-electron chi connectivity index (χ2n) is 6.09. The SMILES string of the molecule is COc1ccc(/C=C/C(=O)OC(C)C(=O)Nc2cccc(C(F)(F)F)c2)cc1OC. The average Bonchev–Trinajstić information content (AvgIpc) is 2.71. The molecule has 1 atom stereocenters. The average molecular weight is 423 g/mol. The van der Waals surface area contributed by atoms with E-state index < -0.39 is 29.7 Å². The van der Waals surface area contributed by atoms with Crippen molar-refractivity contribution >= 4 is 23.6 Å². The van der Waals surface area contributed by atoms with E-state index in [0.717, 1.165) is 18.2 Å². The van der Waals surface area contributed by atoms with Crippen molar-refractivity contribution < 1.29 is 37.0 Å². The molecule has 0 saturated carbocycles. The highest BCUT2D eigenvalue weighted by molar-refractivity contribution is 5.96. The predicted molar refractivity (Wildman–Crippen MR) is 104 cm³/mol. The van der Waals surface area contributed by atoms with E-state index in [1.54, 1.807) is 18.2 Å². The number of amides is 1. The van der Waals surface area contributed by atoms with Gasteiger partial charge in [-0.15, -0.1) is 0 Å². The van der Waals surface area contributed by atoms with Crippen LogP contribution in [0.4, 0.5) is 18.9 Å². The van der Waals surface area contributed by atoms with E-state index in [0.29, 0.717) is 17.1 Å². The molecule has 1 unspecified atom stereocenters. The number of nitrogens with one attached hydrogen (secondary N) is 1. The summed E-state index contributed by atoms with van der Waals surface area (Å²) < 4.78 is 53.5. The van der Waals surface area contributed by atoms with Crippen LogP contribution < -0.4 is 14.8 Å². The number of hydrogen-bond donors (Lipinski definition) is 1. The third kappa shape index (κ3) is 6.26. The largest absolute Gasteiger partial charge is 0.493 e. The van der Waals surface area contributed by atoms with Gasteiger partial charge in [-0.25, -0.2) is 4.79 Å². The van der Waals surface area contributed by atoms with Gasteiger partial charge >= 0.3 is 12.1 Å². The minimum absolute atomic E-state index is 0.0569. The number of carbonyl (C=O) groups excluding carboxylic acids is 2. The van der Waals surface area contributed by atoms with Crippen LogP contribution in [0.2, 0.25) is 0 Å². The summed E-state index contributed by atoms with van der Waals surface area (Å²) in [4.78, 5) is 24.1. The molecule has 1 N–H and O–H groups in total. The van der Waals surface area contributed by atoms with Crippen molar-refractivity contribution in [2.24, 2.45) is 0 Å². The first-order chi connectivity index (χ1) is 14.1. The van der Waals surface area contributed by atoms with Crippen LogP contribution in [0.25, 0.3) is 6.08 Å². The number of hydrogen-bond acceptors (Lipinski definition) is 5. The molecule has 0 spiro atoms. The molecule has 0 bridgehead atoms. The maximum absolute atomic E-state index is 12.7. The first kappa shape index (κ1) is 22.8. The van der Waals surface area contributed by atoms with Gasteiger partial charge in [-0.1, -0.05) is 12.1 Å². The topological polar surface area (TPSA) is 73.9 Å². The summed E-state index contributed by atoms with van der Waals surface area (Å²) in [7, 11) is 2.97. The molecule has 0 fully saturated rings. The molecule has 0 aromatic heterocycles. The number of rotatable bonds is 7.